The van der Waals surface area contributed by atoms with E-state index in [0.29, 0.717) is 25.8 Å². The van der Waals surface area contributed by atoms with Crippen LogP contribution in [0.3, 0.4) is 0 Å². The Morgan fingerprint density at radius 2 is 1.40 bits per heavy atom. The molecule has 0 fully saturated rings. The van der Waals surface area contributed by atoms with Gasteiger partial charge in [0.1, 0.15) is 18.1 Å². The Hall–Kier alpha value is -2.42. The third kappa shape index (κ3) is 10.4. The van der Waals surface area contributed by atoms with Gasteiger partial charge in [0.25, 0.3) is 0 Å². The molecule has 30 heavy (non-hydrogen) atoms. The molecule has 0 saturated heterocycles. The van der Waals surface area contributed by atoms with Crippen molar-refractivity contribution in [2.24, 2.45) is 11.5 Å². The molecule has 172 valence electrons. The molecule has 4 unspecified atom stereocenters. The minimum Gasteiger partial charge on any atom is -0.481 e. The Morgan fingerprint density at radius 3 is 1.87 bits per heavy atom. The number of amides is 3. The summed E-state index contributed by atoms with van der Waals surface area (Å²) in [6.45, 7) is -0.344. The summed E-state index contributed by atoms with van der Waals surface area (Å²) in [7, 11) is 0. The molecule has 0 aliphatic heterocycles. The standard InChI is InChI=1S/C16H29N5O8S/c17-4-2-1-3-8(18)13(25)20-10(6-22)14(26)21-11(7-30)15(27)19-9(16(28)29)5-12(23)24/h8-11,22,30H,1-7,17-18H2,(H,19,27)(H,20,25)(H,21,26)(H,23,24)(H,28,29). The molecule has 0 heterocycles. The van der Waals surface area contributed by atoms with Crippen LogP contribution in [-0.4, -0.2) is 88.1 Å². The van der Waals surface area contributed by atoms with Gasteiger partial charge in [-0.3, -0.25) is 19.2 Å². The number of rotatable bonds is 15. The molecule has 0 aromatic carbocycles. The maximum Gasteiger partial charge on any atom is 0.326 e. The van der Waals surface area contributed by atoms with Gasteiger partial charge in [0.05, 0.1) is 19.1 Å². The first-order valence-corrected chi connectivity index (χ1v) is 9.73. The van der Waals surface area contributed by atoms with Crippen molar-refractivity contribution in [3.8, 4) is 0 Å². The van der Waals surface area contributed by atoms with Gasteiger partial charge < -0.3 is 42.7 Å². The number of thiol groups is 1. The molecular weight excluding hydrogens is 422 g/mol. The van der Waals surface area contributed by atoms with Crippen LogP contribution in [0.1, 0.15) is 25.7 Å². The average Bonchev–Trinajstić information content (AvgIpc) is 2.68. The number of aliphatic hydroxyl groups is 1. The molecule has 0 radical (unpaired) electrons. The van der Waals surface area contributed by atoms with Crippen molar-refractivity contribution in [1.29, 1.82) is 0 Å². The fraction of sp³-hybridized carbons (Fsp3) is 0.688. The first kappa shape index (κ1) is 27.6. The molecule has 0 aliphatic carbocycles. The van der Waals surface area contributed by atoms with Crippen LogP contribution < -0.4 is 27.4 Å². The highest BCUT2D eigenvalue weighted by molar-refractivity contribution is 7.80. The Balaban J connectivity index is 4.92. The Morgan fingerprint density at radius 1 is 0.867 bits per heavy atom. The van der Waals surface area contributed by atoms with Crippen molar-refractivity contribution in [3.63, 3.8) is 0 Å². The first-order valence-electron chi connectivity index (χ1n) is 9.10. The maximum atomic E-state index is 12.3. The highest BCUT2D eigenvalue weighted by Crippen LogP contribution is 2.00. The third-order valence-corrected chi connectivity index (χ3v) is 4.30. The van der Waals surface area contributed by atoms with E-state index in [4.69, 9.17) is 21.7 Å². The van der Waals surface area contributed by atoms with Crippen LogP contribution in [0.4, 0.5) is 0 Å². The minimum absolute atomic E-state index is 0.262. The predicted octanol–water partition coefficient (Wildman–Crippen LogP) is -3.62. The summed E-state index contributed by atoms with van der Waals surface area (Å²) in [5.41, 5.74) is 11.1. The van der Waals surface area contributed by atoms with Gasteiger partial charge in [-0.1, -0.05) is 6.42 Å². The number of unbranched alkanes of at least 4 members (excludes halogenated alkanes) is 1. The average molecular weight is 452 g/mol. The zero-order valence-corrected chi connectivity index (χ0v) is 17.1. The molecule has 14 heteroatoms. The molecule has 0 bridgehead atoms. The minimum atomic E-state index is -1.71. The summed E-state index contributed by atoms with van der Waals surface area (Å²) >= 11 is 3.90. The van der Waals surface area contributed by atoms with Gasteiger partial charge in [0.2, 0.25) is 17.7 Å². The van der Waals surface area contributed by atoms with Gasteiger partial charge in [-0.15, -0.1) is 0 Å². The first-order chi connectivity index (χ1) is 14.1. The van der Waals surface area contributed by atoms with Crippen molar-refractivity contribution < 1.29 is 39.3 Å². The van der Waals surface area contributed by atoms with Crippen LogP contribution >= 0.6 is 12.6 Å². The topological polar surface area (TPSA) is 234 Å². The van der Waals surface area contributed by atoms with Crippen molar-refractivity contribution in [3.05, 3.63) is 0 Å². The molecule has 10 N–H and O–H groups in total. The maximum absolute atomic E-state index is 12.3. The Kier molecular flexibility index (Phi) is 13.4. The zero-order valence-electron chi connectivity index (χ0n) is 16.2. The highest BCUT2D eigenvalue weighted by Gasteiger charge is 2.30. The second kappa shape index (κ2) is 14.5. The summed E-state index contributed by atoms with van der Waals surface area (Å²) in [6.07, 6.45) is 0.725. The number of aliphatic carboxylic acids is 2. The molecule has 0 rings (SSSR count). The van der Waals surface area contributed by atoms with Gasteiger partial charge in [-0.25, -0.2) is 4.79 Å². The lowest BCUT2D eigenvalue weighted by Gasteiger charge is -2.23. The van der Waals surface area contributed by atoms with Gasteiger partial charge in [0, 0.05) is 5.75 Å². The van der Waals surface area contributed by atoms with Gasteiger partial charge in [0.15, 0.2) is 0 Å². The smallest absolute Gasteiger partial charge is 0.326 e. The van der Waals surface area contributed by atoms with E-state index in [9.17, 15) is 29.1 Å². The van der Waals surface area contributed by atoms with Crippen molar-refractivity contribution >= 4 is 42.3 Å². The van der Waals surface area contributed by atoms with Gasteiger partial charge >= 0.3 is 11.9 Å². The lowest BCUT2D eigenvalue weighted by molar-refractivity contribution is -0.147. The number of aliphatic hydroxyl groups excluding tert-OH is 1. The molecule has 0 aliphatic rings. The van der Waals surface area contributed by atoms with E-state index in [0.717, 1.165) is 0 Å². The molecule has 3 amide bonds. The summed E-state index contributed by atoms with van der Waals surface area (Å²) in [4.78, 5) is 58.3. The fourth-order valence-electron chi connectivity index (χ4n) is 2.23. The van der Waals surface area contributed by atoms with E-state index in [1.54, 1.807) is 0 Å². The molecule has 0 aromatic heterocycles. The SMILES string of the molecule is NCCCCC(N)C(=O)NC(CO)C(=O)NC(CS)C(=O)NC(CC(=O)O)C(=O)O. The fourth-order valence-corrected chi connectivity index (χ4v) is 2.48. The van der Waals surface area contributed by atoms with Crippen LogP contribution in [-0.2, 0) is 24.0 Å². The third-order valence-electron chi connectivity index (χ3n) is 3.93. The van der Waals surface area contributed by atoms with E-state index in [2.05, 4.69) is 23.3 Å². The normalized spacial score (nSPS) is 14.7. The number of nitrogens with two attached hydrogens (primary N) is 2. The second-order valence-corrected chi connectivity index (χ2v) is 6.74. The number of carbonyl (C=O) groups excluding carboxylic acids is 3. The van der Waals surface area contributed by atoms with Crippen LogP contribution in [0.15, 0.2) is 0 Å². The van der Waals surface area contributed by atoms with Crippen LogP contribution in [0, 0.1) is 0 Å². The number of hydrogen-bond donors (Lipinski definition) is 9. The number of carbonyl (C=O) groups is 5. The van der Waals surface area contributed by atoms with Crippen LogP contribution in [0.2, 0.25) is 0 Å². The molecule has 0 saturated carbocycles. The summed E-state index contributed by atoms with van der Waals surface area (Å²) in [5.74, 6) is -5.88. The van der Waals surface area contributed by atoms with Crippen molar-refractivity contribution in [2.75, 3.05) is 18.9 Å². The van der Waals surface area contributed by atoms with E-state index in [1.165, 1.54) is 0 Å². The van der Waals surface area contributed by atoms with E-state index < -0.39 is 66.9 Å². The molecule has 0 aromatic rings. The second-order valence-electron chi connectivity index (χ2n) is 6.38. The summed E-state index contributed by atoms with van der Waals surface area (Å²) < 4.78 is 0. The Labute approximate surface area is 178 Å². The van der Waals surface area contributed by atoms with Crippen LogP contribution in [0.5, 0.6) is 0 Å². The van der Waals surface area contributed by atoms with Gasteiger partial charge in [-0.2, -0.15) is 12.6 Å². The lowest BCUT2D eigenvalue weighted by Crippen LogP contribution is -2.58. The van der Waals surface area contributed by atoms with E-state index in [1.807, 2.05) is 5.32 Å². The van der Waals surface area contributed by atoms with Gasteiger partial charge in [-0.05, 0) is 19.4 Å². The van der Waals surface area contributed by atoms with E-state index in [-0.39, 0.29) is 5.75 Å². The van der Waals surface area contributed by atoms with Crippen molar-refractivity contribution in [1.82, 2.24) is 16.0 Å². The molecular formula is C16H29N5O8S. The quantitative estimate of drug-likeness (QED) is 0.0875. The predicted molar refractivity (Wildman–Crippen MR) is 108 cm³/mol. The summed E-state index contributed by atoms with van der Waals surface area (Å²) in [5, 5.41) is 33.5. The monoisotopic (exact) mass is 451 g/mol. The summed E-state index contributed by atoms with van der Waals surface area (Å²) in [6, 6.07) is -5.40. The molecule has 13 nitrogen and oxygen atoms in total. The number of carboxylic acid groups (broad SMARTS) is 2. The number of nitrogens with one attached hydrogen (secondary N) is 3. The Bertz CT molecular complexity index is 620. The lowest BCUT2D eigenvalue weighted by atomic mass is 10.1. The zero-order chi connectivity index (χ0) is 23.3. The molecule has 0 spiro atoms. The number of hydrogen-bond acceptors (Lipinski definition) is 9. The molecule has 4 atom stereocenters. The largest absolute Gasteiger partial charge is 0.481 e. The van der Waals surface area contributed by atoms with E-state index >= 15 is 0 Å². The van der Waals surface area contributed by atoms with Crippen molar-refractivity contribution in [2.45, 2.75) is 49.9 Å². The number of carboxylic acids is 2. The van der Waals surface area contributed by atoms with Crippen LogP contribution in [0.25, 0.3) is 0 Å². The highest BCUT2D eigenvalue weighted by atomic mass is 32.1.